The highest BCUT2D eigenvalue weighted by Gasteiger charge is 2.23. The largest absolute Gasteiger partial charge is 0.462 e. The van der Waals surface area contributed by atoms with Crippen LogP contribution in [0.3, 0.4) is 0 Å². The maximum absolute atomic E-state index is 12.4. The third kappa shape index (κ3) is 6.46. The lowest BCUT2D eigenvalue weighted by atomic mass is 9.93. The van der Waals surface area contributed by atoms with Crippen LogP contribution < -0.4 is 9.47 Å². The first-order chi connectivity index (χ1) is 19.0. The summed E-state index contributed by atoms with van der Waals surface area (Å²) in [5.41, 5.74) is 7.78. The summed E-state index contributed by atoms with van der Waals surface area (Å²) in [7, 11) is 0. The number of rotatable bonds is 9. The fraction of sp³-hybridized carbons (Fsp3) is 0.206. The van der Waals surface area contributed by atoms with E-state index in [-0.39, 0.29) is 28.6 Å². The monoisotopic (exact) mass is 536 g/mol. The Balaban J connectivity index is 1.61. The van der Waals surface area contributed by atoms with E-state index in [4.69, 9.17) is 14.2 Å². The molecular formula is C34H32O6. The van der Waals surface area contributed by atoms with Gasteiger partial charge in [0.2, 0.25) is 0 Å². The zero-order valence-corrected chi connectivity index (χ0v) is 23.0. The summed E-state index contributed by atoms with van der Waals surface area (Å²) in [4.78, 5) is 35.8. The van der Waals surface area contributed by atoms with Crippen LogP contribution in [0.15, 0.2) is 91.6 Å². The van der Waals surface area contributed by atoms with E-state index in [9.17, 15) is 14.4 Å². The van der Waals surface area contributed by atoms with E-state index in [2.05, 4.69) is 37.9 Å². The van der Waals surface area contributed by atoms with Crippen molar-refractivity contribution in [1.29, 1.82) is 0 Å². The fourth-order valence-electron chi connectivity index (χ4n) is 4.68. The molecule has 0 fully saturated rings. The number of fused-ring (bicyclic) bond motifs is 1. The summed E-state index contributed by atoms with van der Waals surface area (Å²) >= 11 is 0. The van der Waals surface area contributed by atoms with Crippen molar-refractivity contribution in [3.05, 3.63) is 108 Å². The van der Waals surface area contributed by atoms with Gasteiger partial charge in [-0.05, 0) is 79.1 Å². The second kappa shape index (κ2) is 12.0. The van der Waals surface area contributed by atoms with Crippen LogP contribution in [0.4, 0.5) is 0 Å². The van der Waals surface area contributed by atoms with Gasteiger partial charge >= 0.3 is 17.9 Å². The van der Waals surface area contributed by atoms with Crippen molar-refractivity contribution in [3.63, 3.8) is 0 Å². The second-order valence-corrected chi connectivity index (χ2v) is 10.1. The van der Waals surface area contributed by atoms with Gasteiger partial charge in [0, 0.05) is 34.8 Å². The molecule has 0 N–H and O–H groups in total. The molecule has 1 aliphatic rings. The lowest BCUT2D eigenvalue weighted by Gasteiger charge is -2.15. The molecule has 1 atom stereocenters. The standard InChI is InChI=1S/C34H32O6/c1-7-32(35)38-19-23-15-24-8-9-26(17-27(24)16-23)29-12-10-25(14-22(29)6)30-13-11-28(39-33(36)20(2)3)18-31(30)40-34(37)21(4)5/h7-14,17-18,23H,1-2,4,15-16,19H2,3,5-6H3. The smallest absolute Gasteiger partial charge is 0.338 e. The molecule has 40 heavy (non-hydrogen) atoms. The number of ether oxygens (including phenoxy) is 3. The van der Waals surface area contributed by atoms with E-state index < -0.39 is 17.9 Å². The van der Waals surface area contributed by atoms with Crippen LogP contribution in [0, 0.1) is 12.8 Å². The molecule has 6 nitrogen and oxygen atoms in total. The molecule has 1 unspecified atom stereocenters. The number of hydrogen-bond donors (Lipinski definition) is 0. The van der Waals surface area contributed by atoms with Gasteiger partial charge in [0.05, 0.1) is 6.61 Å². The molecule has 1 aliphatic carbocycles. The molecule has 0 spiro atoms. The summed E-state index contributed by atoms with van der Waals surface area (Å²) in [6.45, 7) is 16.3. The molecule has 3 aromatic rings. The average molecular weight is 537 g/mol. The maximum atomic E-state index is 12.4. The topological polar surface area (TPSA) is 78.9 Å². The number of carbonyl (C=O) groups is 3. The molecule has 3 aromatic carbocycles. The van der Waals surface area contributed by atoms with Crippen molar-refractivity contribution in [2.75, 3.05) is 6.61 Å². The summed E-state index contributed by atoms with van der Waals surface area (Å²) in [5, 5.41) is 0. The Morgan fingerprint density at radius 2 is 1.45 bits per heavy atom. The predicted molar refractivity (Wildman–Crippen MR) is 155 cm³/mol. The molecule has 0 radical (unpaired) electrons. The van der Waals surface area contributed by atoms with E-state index in [1.165, 1.54) is 23.3 Å². The average Bonchev–Trinajstić information content (AvgIpc) is 3.34. The van der Waals surface area contributed by atoms with E-state index in [0.717, 1.165) is 35.1 Å². The molecule has 204 valence electrons. The van der Waals surface area contributed by atoms with E-state index in [0.29, 0.717) is 12.2 Å². The molecule has 0 aromatic heterocycles. The Morgan fingerprint density at radius 1 is 0.825 bits per heavy atom. The van der Waals surface area contributed by atoms with Crippen LogP contribution in [0.1, 0.15) is 30.5 Å². The van der Waals surface area contributed by atoms with Crippen molar-refractivity contribution in [2.24, 2.45) is 5.92 Å². The van der Waals surface area contributed by atoms with E-state index >= 15 is 0 Å². The minimum atomic E-state index is -0.575. The highest BCUT2D eigenvalue weighted by atomic mass is 16.5. The van der Waals surface area contributed by atoms with Gasteiger partial charge < -0.3 is 14.2 Å². The van der Waals surface area contributed by atoms with Crippen LogP contribution in [-0.2, 0) is 32.0 Å². The summed E-state index contributed by atoms with van der Waals surface area (Å²) in [5.74, 6) is -0.779. The van der Waals surface area contributed by atoms with Crippen molar-refractivity contribution >= 4 is 17.9 Å². The molecule has 0 saturated carbocycles. The van der Waals surface area contributed by atoms with Gasteiger partial charge in [-0.3, -0.25) is 0 Å². The van der Waals surface area contributed by atoms with Gasteiger partial charge in [-0.2, -0.15) is 0 Å². The third-order valence-corrected chi connectivity index (χ3v) is 6.76. The molecule has 0 amide bonds. The molecular weight excluding hydrogens is 504 g/mol. The van der Waals surface area contributed by atoms with Gasteiger partial charge in [-0.1, -0.05) is 56.1 Å². The SMILES string of the molecule is C=CC(=O)OCC1Cc2ccc(-c3ccc(-c4ccc(OC(=O)C(=C)C)cc4OC(=O)C(=C)C)cc3C)cc2C1. The van der Waals surface area contributed by atoms with Crippen molar-refractivity contribution in [1.82, 2.24) is 0 Å². The van der Waals surface area contributed by atoms with Crippen LogP contribution in [0.5, 0.6) is 11.5 Å². The first-order valence-corrected chi connectivity index (χ1v) is 13.0. The molecule has 6 heteroatoms. The van der Waals surface area contributed by atoms with Gasteiger partial charge in [0.15, 0.2) is 0 Å². The minimum absolute atomic E-state index is 0.241. The van der Waals surface area contributed by atoms with Crippen molar-refractivity contribution in [2.45, 2.75) is 33.6 Å². The number of carbonyl (C=O) groups excluding carboxylic acids is 3. The van der Waals surface area contributed by atoms with Gasteiger partial charge in [0.25, 0.3) is 0 Å². The zero-order chi connectivity index (χ0) is 29.0. The molecule has 0 aliphatic heterocycles. The van der Waals surface area contributed by atoms with Gasteiger partial charge in [-0.15, -0.1) is 0 Å². The Hall–Kier alpha value is -4.71. The molecule has 0 bridgehead atoms. The lowest BCUT2D eigenvalue weighted by Crippen LogP contribution is -2.12. The quantitative estimate of drug-likeness (QED) is 0.171. The fourth-order valence-corrected chi connectivity index (χ4v) is 4.68. The zero-order valence-electron chi connectivity index (χ0n) is 23.0. The molecule has 0 saturated heterocycles. The normalized spacial score (nSPS) is 13.6. The summed E-state index contributed by atoms with van der Waals surface area (Å²) in [6.07, 6.45) is 2.92. The Kier molecular flexibility index (Phi) is 8.49. The van der Waals surface area contributed by atoms with Crippen molar-refractivity contribution < 1.29 is 28.6 Å². The predicted octanol–water partition coefficient (Wildman–Crippen LogP) is 6.74. The first kappa shape index (κ1) is 28.3. The summed E-state index contributed by atoms with van der Waals surface area (Å²) in [6, 6.07) is 17.4. The lowest BCUT2D eigenvalue weighted by molar-refractivity contribution is -0.139. The summed E-state index contributed by atoms with van der Waals surface area (Å²) < 4.78 is 16.2. The third-order valence-electron chi connectivity index (χ3n) is 6.76. The van der Waals surface area contributed by atoms with Crippen LogP contribution >= 0.6 is 0 Å². The number of benzene rings is 3. The first-order valence-electron chi connectivity index (χ1n) is 13.0. The highest BCUT2D eigenvalue weighted by Crippen LogP contribution is 2.38. The number of esters is 3. The van der Waals surface area contributed by atoms with Crippen LogP contribution in [0.2, 0.25) is 0 Å². The Bertz CT molecular complexity index is 1540. The number of hydrogen-bond acceptors (Lipinski definition) is 6. The molecule has 4 rings (SSSR count). The minimum Gasteiger partial charge on any atom is -0.462 e. The number of aryl methyl sites for hydroxylation is 1. The van der Waals surface area contributed by atoms with Crippen molar-refractivity contribution in [3.8, 4) is 33.8 Å². The highest BCUT2D eigenvalue weighted by molar-refractivity contribution is 5.91. The maximum Gasteiger partial charge on any atom is 0.338 e. The van der Waals surface area contributed by atoms with Crippen LogP contribution in [-0.4, -0.2) is 24.5 Å². The van der Waals surface area contributed by atoms with E-state index in [1.807, 2.05) is 25.1 Å². The Morgan fingerprint density at radius 3 is 2.12 bits per heavy atom. The molecule has 0 heterocycles. The van der Waals surface area contributed by atoms with Crippen LogP contribution in [0.25, 0.3) is 22.3 Å². The van der Waals surface area contributed by atoms with E-state index in [1.54, 1.807) is 26.0 Å². The van der Waals surface area contributed by atoms with Gasteiger partial charge in [-0.25, -0.2) is 14.4 Å². The second-order valence-electron chi connectivity index (χ2n) is 10.1. The van der Waals surface area contributed by atoms with Gasteiger partial charge in [0.1, 0.15) is 11.5 Å². The Labute approximate surface area is 234 Å².